The molecular formula is C15H21NO2. The molecule has 0 aliphatic carbocycles. The molecule has 2 rings (SSSR count). The van der Waals surface area contributed by atoms with Crippen molar-refractivity contribution in [3.05, 3.63) is 29.8 Å². The number of nitrogens with zero attached hydrogens (tertiary/aromatic N) is 1. The molecular weight excluding hydrogens is 226 g/mol. The lowest BCUT2D eigenvalue weighted by Gasteiger charge is -2.14. The van der Waals surface area contributed by atoms with Crippen LogP contribution in [0.1, 0.15) is 30.1 Å². The fourth-order valence-corrected chi connectivity index (χ4v) is 2.48. The summed E-state index contributed by atoms with van der Waals surface area (Å²) >= 11 is 0. The van der Waals surface area contributed by atoms with Gasteiger partial charge in [0.05, 0.1) is 13.7 Å². The Morgan fingerprint density at radius 1 is 1.50 bits per heavy atom. The van der Waals surface area contributed by atoms with Gasteiger partial charge in [0.15, 0.2) is 5.78 Å². The van der Waals surface area contributed by atoms with E-state index in [0.29, 0.717) is 6.54 Å². The standard InChI is InChI=1S/C15H21NO2/c1-3-12-7-8-16(10-12)11-15(17)13-5-4-6-14(9-13)18-2/h4-6,9,12H,3,7-8,10-11H2,1-2H3. The van der Waals surface area contributed by atoms with Crippen LogP contribution in [-0.4, -0.2) is 37.4 Å². The van der Waals surface area contributed by atoms with Gasteiger partial charge in [-0.3, -0.25) is 9.69 Å². The first-order valence-corrected chi connectivity index (χ1v) is 6.62. The minimum absolute atomic E-state index is 0.186. The Hall–Kier alpha value is -1.35. The lowest BCUT2D eigenvalue weighted by molar-refractivity contribution is 0.0943. The first kappa shape index (κ1) is 13.1. The van der Waals surface area contributed by atoms with Crippen LogP contribution < -0.4 is 4.74 Å². The number of benzene rings is 1. The summed E-state index contributed by atoms with van der Waals surface area (Å²) in [4.78, 5) is 14.4. The van der Waals surface area contributed by atoms with Gasteiger partial charge in [-0.1, -0.05) is 25.5 Å². The monoisotopic (exact) mass is 247 g/mol. The third-order valence-corrected chi connectivity index (χ3v) is 3.71. The average Bonchev–Trinajstić information content (AvgIpc) is 2.86. The molecule has 1 fully saturated rings. The van der Waals surface area contributed by atoms with Crippen LogP contribution in [0.3, 0.4) is 0 Å². The maximum atomic E-state index is 12.2. The molecule has 0 amide bonds. The number of hydrogen-bond donors (Lipinski definition) is 0. The molecule has 0 spiro atoms. The van der Waals surface area contributed by atoms with E-state index in [2.05, 4.69) is 11.8 Å². The predicted molar refractivity (Wildman–Crippen MR) is 72.2 cm³/mol. The van der Waals surface area contributed by atoms with Crippen molar-refractivity contribution in [2.75, 3.05) is 26.7 Å². The number of carbonyl (C=O) groups excluding carboxylic acids is 1. The molecule has 0 radical (unpaired) electrons. The Kier molecular flexibility index (Phi) is 4.37. The van der Waals surface area contributed by atoms with Crippen LogP contribution >= 0.6 is 0 Å². The SMILES string of the molecule is CCC1CCN(CC(=O)c2cccc(OC)c2)C1. The van der Waals surface area contributed by atoms with E-state index in [4.69, 9.17) is 4.74 Å². The van der Waals surface area contributed by atoms with Crippen LogP contribution in [0.25, 0.3) is 0 Å². The summed E-state index contributed by atoms with van der Waals surface area (Å²) in [5, 5.41) is 0. The molecule has 1 aliphatic rings. The molecule has 3 nitrogen and oxygen atoms in total. The van der Waals surface area contributed by atoms with Crippen molar-refractivity contribution in [3.63, 3.8) is 0 Å². The number of rotatable bonds is 5. The molecule has 1 atom stereocenters. The molecule has 1 aromatic carbocycles. The highest BCUT2D eigenvalue weighted by Crippen LogP contribution is 2.20. The summed E-state index contributed by atoms with van der Waals surface area (Å²) in [6, 6.07) is 7.40. The Labute approximate surface area is 109 Å². The zero-order valence-corrected chi connectivity index (χ0v) is 11.2. The lowest BCUT2D eigenvalue weighted by atomic mass is 10.1. The number of Topliss-reactive ketones (excluding diaryl/α,β-unsaturated/α-hetero) is 1. The second-order valence-electron chi connectivity index (χ2n) is 4.95. The van der Waals surface area contributed by atoms with E-state index in [9.17, 15) is 4.79 Å². The summed E-state index contributed by atoms with van der Waals surface area (Å²) in [6.45, 7) is 4.86. The molecule has 1 heterocycles. The fourth-order valence-electron chi connectivity index (χ4n) is 2.48. The number of ketones is 1. The quantitative estimate of drug-likeness (QED) is 0.749. The molecule has 0 aromatic heterocycles. The summed E-state index contributed by atoms with van der Waals surface area (Å²) in [7, 11) is 1.62. The van der Waals surface area contributed by atoms with Gasteiger partial charge in [-0.05, 0) is 31.0 Å². The van der Waals surface area contributed by atoms with Crippen LogP contribution in [0.2, 0.25) is 0 Å². The van der Waals surface area contributed by atoms with Crippen LogP contribution in [-0.2, 0) is 0 Å². The zero-order valence-electron chi connectivity index (χ0n) is 11.2. The van der Waals surface area contributed by atoms with Gasteiger partial charge in [0.2, 0.25) is 0 Å². The maximum absolute atomic E-state index is 12.2. The van der Waals surface area contributed by atoms with E-state index in [0.717, 1.165) is 30.3 Å². The van der Waals surface area contributed by atoms with Crippen LogP contribution in [0, 0.1) is 5.92 Å². The fraction of sp³-hybridized carbons (Fsp3) is 0.533. The van der Waals surface area contributed by atoms with E-state index < -0.39 is 0 Å². The van der Waals surface area contributed by atoms with Gasteiger partial charge >= 0.3 is 0 Å². The number of ether oxygens (including phenoxy) is 1. The van der Waals surface area contributed by atoms with Crippen LogP contribution in [0.4, 0.5) is 0 Å². The maximum Gasteiger partial charge on any atom is 0.176 e. The number of hydrogen-bond acceptors (Lipinski definition) is 3. The van der Waals surface area contributed by atoms with Crippen molar-refractivity contribution >= 4 is 5.78 Å². The van der Waals surface area contributed by atoms with Gasteiger partial charge in [-0.15, -0.1) is 0 Å². The van der Waals surface area contributed by atoms with Gasteiger partial charge in [0.1, 0.15) is 5.75 Å². The largest absolute Gasteiger partial charge is 0.497 e. The minimum Gasteiger partial charge on any atom is -0.497 e. The van der Waals surface area contributed by atoms with E-state index in [1.165, 1.54) is 12.8 Å². The highest BCUT2D eigenvalue weighted by Gasteiger charge is 2.22. The van der Waals surface area contributed by atoms with E-state index in [1.54, 1.807) is 7.11 Å². The Morgan fingerprint density at radius 3 is 3.00 bits per heavy atom. The van der Waals surface area contributed by atoms with Crippen molar-refractivity contribution in [2.24, 2.45) is 5.92 Å². The highest BCUT2D eigenvalue weighted by molar-refractivity contribution is 5.97. The van der Waals surface area contributed by atoms with E-state index >= 15 is 0 Å². The number of likely N-dealkylation sites (tertiary alicyclic amines) is 1. The van der Waals surface area contributed by atoms with Crippen LogP contribution in [0.5, 0.6) is 5.75 Å². The normalized spacial score (nSPS) is 20.0. The molecule has 1 unspecified atom stereocenters. The number of carbonyl (C=O) groups is 1. The summed E-state index contributed by atoms with van der Waals surface area (Å²) in [6.07, 6.45) is 2.44. The first-order valence-electron chi connectivity index (χ1n) is 6.62. The lowest BCUT2D eigenvalue weighted by Crippen LogP contribution is -2.27. The Morgan fingerprint density at radius 2 is 2.33 bits per heavy atom. The molecule has 0 N–H and O–H groups in total. The van der Waals surface area contributed by atoms with E-state index in [-0.39, 0.29) is 5.78 Å². The van der Waals surface area contributed by atoms with Crippen molar-refractivity contribution in [2.45, 2.75) is 19.8 Å². The van der Waals surface area contributed by atoms with Gasteiger partial charge < -0.3 is 4.74 Å². The summed E-state index contributed by atoms with van der Waals surface area (Å²) in [5.74, 6) is 1.70. The van der Waals surface area contributed by atoms with E-state index in [1.807, 2.05) is 24.3 Å². The molecule has 98 valence electrons. The molecule has 0 saturated carbocycles. The molecule has 1 aromatic rings. The average molecular weight is 247 g/mol. The topological polar surface area (TPSA) is 29.5 Å². The van der Waals surface area contributed by atoms with Gasteiger partial charge in [-0.25, -0.2) is 0 Å². The zero-order chi connectivity index (χ0) is 13.0. The predicted octanol–water partition coefficient (Wildman–Crippen LogP) is 2.61. The minimum atomic E-state index is 0.186. The van der Waals surface area contributed by atoms with Gasteiger partial charge in [-0.2, -0.15) is 0 Å². The molecule has 1 saturated heterocycles. The van der Waals surface area contributed by atoms with Crippen molar-refractivity contribution in [3.8, 4) is 5.75 Å². The smallest absolute Gasteiger partial charge is 0.176 e. The molecule has 0 bridgehead atoms. The second kappa shape index (κ2) is 6.01. The third kappa shape index (κ3) is 3.10. The van der Waals surface area contributed by atoms with Crippen LogP contribution in [0.15, 0.2) is 24.3 Å². The number of methoxy groups -OCH3 is 1. The first-order chi connectivity index (χ1) is 8.72. The molecule has 18 heavy (non-hydrogen) atoms. The summed E-state index contributed by atoms with van der Waals surface area (Å²) in [5.41, 5.74) is 0.745. The van der Waals surface area contributed by atoms with Crippen molar-refractivity contribution < 1.29 is 9.53 Å². The third-order valence-electron chi connectivity index (χ3n) is 3.71. The van der Waals surface area contributed by atoms with Gasteiger partial charge in [0, 0.05) is 12.1 Å². The van der Waals surface area contributed by atoms with Gasteiger partial charge in [0.25, 0.3) is 0 Å². The van der Waals surface area contributed by atoms with Crippen molar-refractivity contribution in [1.82, 2.24) is 4.90 Å². The Bertz CT molecular complexity index is 417. The second-order valence-corrected chi connectivity index (χ2v) is 4.95. The molecule has 1 aliphatic heterocycles. The van der Waals surface area contributed by atoms with Crippen molar-refractivity contribution in [1.29, 1.82) is 0 Å². The molecule has 3 heteroatoms. The Balaban J connectivity index is 1.95. The summed E-state index contributed by atoms with van der Waals surface area (Å²) < 4.78 is 5.14. The highest BCUT2D eigenvalue weighted by atomic mass is 16.5.